The van der Waals surface area contributed by atoms with Gasteiger partial charge in [0.25, 0.3) is 0 Å². The van der Waals surface area contributed by atoms with Gasteiger partial charge in [-0.05, 0) is 37.3 Å². The highest BCUT2D eigenvalue weighted by Crippen LogP contribution is 2.33. The monoisotopic (exact) mass is 339 g/mol. The minimum Gasteiger partial charge on any atom is -0.328 e. The average Bonchev–Trinajstić information content (AvgIpc) is 3.15. The van der Waals surface area contributed by atoms with Crippen LogP contribution in [0, 0.1) is 0 Å². The van der Waals surface area contributed by atoms with E-state index >= 15 is 0 Å². The Morgan fingerprint density at radius 2 is 2.04 bits per heavy atom. The van der Waals surface area contributed by atoms with Crippen LogP contribution in [0.3, 0.4) is 0 Å². The van der Waals surface area contributed by atoms with E-state index in [9.17, 15) is 4.79 Å². The summed E-state index contributed by atoms with van der Waals surface area (Å²) in [7, 11) is 0. The molecule has 4 rings (SSSR count). The lowest BCUT2D eigenvalue weighted by Crippen LogP contribution is -2.24. The number of aryl methyl sites for hydroxylation is 1. The molecule has 1 aliphatic heterocycles. The summed E-state index contributed by atoms with van der Waals surface area (Å²) in [6.45, 7) is 3.60. The van der Waals surface area contributed by atoms with E-state index in [4.69, 9.17) is 16.6 Å². The number of imidazole rings is 1. The van der Waals surface area contributed by atoms with Gasteiger partial charge in [-0.2, -0.15) is 0 Å². The molecule has 0 saturated carbocycles. The van der Waals surface area contributed by atoms with Crippen molar-refractivity contribution in [3.05, 3.63) is 59.4 Å². The second-order valence-electron chi connectivity index (χ2n) is 6.09. The summed E-state index contributed by atoms with van der Waals surface area (Å²) in [6.07, 6.45) is 0.482. The van der Waals surface area contributed by atoms with E-state index in [0.717, 1.165) is 29.1 Å². The lowest BCUT2D eigenvalue weighted by Gasteiger charge is -2.17. The van der Waals surface area contributed by atoms with Crippen molar-refractivity contribution in [3.8, 4) is 0 Å². The van der Waals surface area contributed by atoms with Crippen LogP contribution in [0.25, 0.3) is 11.0 Å². The summed E-state index contributed by atoms with van der Waals surface area (Å²) in [5, 5.41) is 0.643. The molecule has 0 radical (unpaired) electrons. The zero-order valence-electron chi connectivity index (χ0n) is 13.4. The quantitative estimate of drug-likeness (QED) is 0.716. The summed E-state index contributed by atoms with van der Waals surface area (Å²) in [5.41, 5.74) is 2.97. The second-order valence-corrected chi connectivity index (χ2v) is 6.52. The van der Waals surface area contributed by atoms with Crippen LogP contribution in [0.15, 0.2) is 48.5 Å². The zero-order valence-corrected chi connectivity index (χ0v) is 14.2. The Morgan fingerprint density at radius 3 is 2.83 bits per heavy atom. The van der Waals surface area contributed by atoms with Gasteiger partial charge in [-0.25, -0.2) is 4.98 Å². The first kappa shape index (κ1) is 15.2. The minimum absolute atomic E-state index is 0.101. The zero-order chi connectivity index (χ0) is 16.7. The van der Waals surface area contributed by atoms with Crippen molar-refractivity contribution < 1.29 is 4.79 Å². The van der Waals surface area contributed by atoms with E-state index in [2.05, 4.69) is 17.6 Å². The van der Waals surface area contributed by atoms with Crippen LogP contribution in [0.2, 0.25) is 5.02 Å². The fourth-order valence-electron chi connectivity index (χ4n) is 3.51. The third kappa shape index (κ3) is 2.47. The Hall–Kier alpha value is -2.33. The molecular weight excluding hydrogens is 322 g/mol. The molecule has 2 aromatic carbocycles. The number of rotatable bonds is 3. The van der Waals surface area contributed by atoms with E-state index in [-0.39, 0.29) is 11.8 Å². The number of anilines is 1. The average molecular weight is 340 g/mol. The molecule has 1 atom stereocenters. The molecule has 1 aromatic heterocycles. The first-order chi connectivity index (χ1) is 11.7. The predicted octanol–water partition coefficient (Wildman–Crippen LogP) is 4.23. The van der Waals surface area contributed by atoms with Crippen molar-refractivity contribution in [3.63, 3.8) is 0 Å². The van der Waals surface area contributed by atoms with E-state index < -0.39 is 0 Å². The molecule has 1 fully saturated rings. The number of benzene rings is 2. The van der Waals surface area contributed by atoms with Crippen LogP contribution in [-0.2, 0) is 11.3 Å². The Kier molecular flexibility index (Phi) is 3.77. The van der Waals surface area contributed by atoms with Crippen molar-refractivity contribution in [1.29, 1.82) is 0 Å². The minimum atomic E-state index is 0.101. The van der Waals surface area contributed by atoms with Crippen molar-refractivity contribution in [2.24, 2.45) is 0 Å². The van der Waals surface area contributed by atoms with Crippen molar-refractivity contribution in [1.82, 2.24) is 9.55 Å². The summed E-state index contributed by atoms with van der Waals surface area (Å²) in [6, 6.07) is 15.6. The number of amides is 1. The fraction of sp³-hybridized carbons (Fsp3) is 0.263. The molecule has 1 saturated heterocycles. The van der Waals surface area contributed by atoms with Gasteiger partial charge in [-0.15, -0.1) is 0 Å². The number of carbonyl (C=O) groups excluding carboxylic acids is 1. The molecule has 0 aliphatic carbocycles. The predicted molar refractivity (Wildman–Crippen MR) is 96.6 cm³/mol. The second kappa shape index (κ2) is 5.95. The molecule has 2 heterocycles. The number of halogens is 1. The van der Waals surface area contributed by atoms with Crippen LogP contribution in [-0.4, -0.2) is 22.0 Å². The number of hydrogen-bond acceptors (Lipinski definition) is 2. The van der Waals surface area contributed by atoms with Gasteiger partial charge in [0.2, 0.25) is 5.91 Å². The van der Waals surface area contributed by atoms with Crippen LogP contribution in [0.1, 0.15) is 25.1 Å². The third-order valence-corrected chi connectivity index (χ3v) is 4.85. The van der Waals surface area contributed by atoms with E-state index in [1.807, 2.05) is 47.4 Å². The van der Waals surface area contributed by atoms with Crippen LogP contribution >= 0.6 is 11.6 Å². The van der Waals surface area contributed by atoms with Crippen LogP contribution in [0.5, 0.6) is 0 Å². The largest absolute Gasteiger partial charge is 0.328 e. The topological polar surface area (TPSA) is 38.1 Å². The normalized spacial score (nSPS) is 17.8. The number of para-hydroxylation sites is 2. The maximum absolute atomic E-state index is 12.5. The number of aromatic nitrogens is 2. The summed E-state index contributed by atoms with van der Waals surface area (Å²) >= 11 is 6.07. The van der Waals surface area contributed by atoms with Crippen LogP contribution in [0.4, 0.5) is 5.69 Å². The summed E-state index contributed by atoms with van der Waals surface area (Å²) in [4.78, 5) is 19.1. The molecule has 1 aliphatic rings. The standard InChI is InChI=1S/C19H18ClN3O/c1-2-22-17-9-4-3-8-16(17)21-19(22)13-10-18(24)23(12-13)15-7-5-6-14(20)11-15/h3-9,11,13H,2,10,12H2,1H3/t13-/m1/s1. The van der Waals surface area contributed by atoms with E-state index in [0.29, 0.717) is 18.0 Å². The van der Waals surface area contributed by atoms with Gasteiger partial charge in [0.05, 0.1) is 11.0 Å². The Morgan fingerprint density at radius 1 is 1.21 bits per heavy atom. The number of nitrogens with zero attached hydrogens (tertiary/aromatic N) is 3. The van der Waals surface area contributed by atoms with Gasteiger partial charge in [0.1, 0.15) is 5.82 Å². The van der Waals surface area contributed by atoms with Gasteiger partial charge < -0.3 is 9.47 Å². The van der Waals surface area contributed by atoms with Gasteiger partial charge in [0, 0.05) is 36.1 Å². The van der Waals surface area contributed by atoms with Crippen molar-refractivity contribution in [2.45, 2.75) is 25.8 Å². The third-order valence-electron chi connectivity index (χ3n) is 4.61. The molecule has 0 spiro atoms. The highest BCUT2D eigenvalue weighted by molar-refractivity contribution is 6.30. The van der Waals surface area contributed by atoms with Gasteiger partial charge in [-0.3, -0.25) is 4.79 Å². The molecule has 0 unspecified atom stereocenters. The fourth-order valence-corrected chi connectivity index (χ4v) is 3.70. The smallest absolute Gasteiger partial charge is 0.227 e. The van der Waals surface area contributed by atoms with Crippen molar-refractivity contribution in [2.75, 3.05) is 11.4 Å². The Labute approximate surface area is 145 Å². The molecule has 5 heteroatoms. The van der Waals surface area contributed by atoms with Gasteiger partial charge >= 0.3 is 0 Å². The molecular formula is C19H18ClN3O. The number of carbonyl (C=O) groups is 1. The highest BCUT2D eigenvalue weighted by atomic mass is 35.5. The van der Waals surface area contributed by atoms with E-state index in [1.165, 1.54) is 0 Å². The molecule has 1 amide bonds. The molecule has 3 aromatic rings. The lowest BCUT2D eigenvalue weighted by molar-refractivity contribution is -0.117. The van der Waals surface area contributed by atoms with Gasteiger partial charge in [0.15, 0.2) is 0 Å². The maximum atomic E-state index is 12.5. The maximum Gasteiger partial charge on any atom is 0.227 e. The van der Waals surface area contributed by atoms with Gasteiger partial charge in [-0.1, -0.05) is 29.8 Å². The first-order valence-corrected chi connectivity index (χ1v) is 8.56. The molecule has 122 valence electrons. The van der Waals surface area contributed by atoms with E-state index in [1.54, 1.807) is 0 Å². The molecule has 4 nitrogen and oxygen atoms in total. The summed E-state index contributed by atoms with van der Waals surface area (Å²) in [5.74, 6) is 1.22. The Bertz CT molecular complexity index is 918. The Balaban J connectivity index is 1.70. The SMILES string of the molecule is CCn1c([C@@H]2CC(=O)N(c3cccc(Cl)c3)C2)nc2ccccc21. The lowest BCUT2D eigenvalue weighted by atomic mass is 10.1. The number of fused-ring (bicyclic) bond motifs is 1. The molecule has 24 heavy (non-hydrogen) atoms. The van der Waals surface area contributed by atoms with Crippen LogP contribution < -0.4 is 4.90 Å². The summed E-state index contributed by atoms with van der Waals surface area (Å²) < 4.78 is 2.22. The van der Waals surface area contributed by atoms with Crippen molar-refractivity contribution >= 4 is 34.2 Å². The molecule has 0 bridgehead atoms. The first-order valence-electron chi connectivity index (χ1n) is 8.18. The molecule has 0 N–H and O–H groups in total. The number of hydrogen-bond donors (Lipinski definition) is 0. The highest BCUT2D eigenvalue weighted by Gasteiger charge is 2.34.